The van der Waals surface area contributed by atoms with E-state index in [9.17, 15) is 4.79 Å². The normalized spacial score (nSPS) is 19.3. The lowest BCUT2D eigenvalue weighted by Crippen LogP contribution is -2.57. The molecule has 2 bridgehead atoms. The first kappa shape index (κ1) is 27.4. The first-order valence-corrected chi connectivity index (χ1v) is 13.5. The van der Waals surface area contributed by atoms with Gasteiger partial charge in [0.1, 0.15) is 11.3 Å². The molecule has 3 aromatic rings. The van der Waals surface area contributed by atoms with Gasteiger partial charge in [0.05, 0.1) is 25.9 Å². The number of rotatable bonds is 8. The van der Waals surface area contributed by atoms with Crippen LogP contribution in [0.1, 0.15) is 43.4 Å². The Morgan fingerprint density at radius 1 is 1.25 bits per heavy atom. The Balaban J connectivity index is 1.37. The Kier molecular flexibility index (Phi) is 7.89. The van der Waals surface area contributed by atoms with Gasteiger partial charge in [-0.2, -0.15) is 10.2 Å². The van der Waals surface area contributed by atoms with Crippen LogP contribution in [-0.2, 0) is 4.79 Å². The van der Waals surface area contributed by atoms with Gasteiger partial charge in [-0.1, -0.05) is 19.1 Å². The number of methoxy groups -OCH3 is 2. The van der Waals surface area contributed by atoms with E-state index in [4.69, 9.17) is 20.5 Å². The van der Waals surface area contributed by atoms with Gasteiger partial charge in [0.25, 0.3) is 0 Å². The molecular formula is C29H34FN7O3. The molecule has 3 heterocycles. The quantitative estimate of drug-likeness (QED) is 0.436. The summed E-state index contributed by atoms with van der Waals surface area (Å²) in [4.78, 5) is 26.7. The number of amides is 1. The van der Waals surface area contributed by atoms with E-state index in [1.165, 1.54) is 14.2 Å². The molecule has 2 fully saturated rings. The van der Waals surface area contributed by atoms with Crippen LogP contribution in [0.25, 0.3) is 10.9 Å². The number of ether oxygens (including phenoxy) is 2. The van der Waals surface area contributed by atoms with Gasteiger partial charge in [0.2, 0.25) is 11.9 Å². The molecular weight excluding hydrogens is 513 g/mol. The van der Waals surface area contributed by atoms with Crippen molar-refractivity contribution in [3.8, 4) is 17.6 Å². The monoisotopic (exact) mass is 547 g/mol. The molecule has 2 unspecified atom stereocenters. The summed E-state index contributed by atoms with van der Waals surface area (Å²) < 4.78 is 25.8. The number of likely N-dealkylation sites (tertiary alicyclic amines) is 1. The van der Waals surface area contributed by atoms with Crippen molar-refractivity contribution in [3.05, 3.63) is 47.3 Å². The molecule has 1 amide bonds. The highest BCUT2D eigenvalue weighted by atomic mass is 19.1. The van der Waals surface area contributed by atoms with Crippen molar-refractivity contribution in [2.45, 2.75) is 38.3 Å². The highest BCUT2D eigenvalue weighted by Crippen LogP contribution is 2.38. The van der Waals surface area contributed by atoms with E-state index in [0.29, 0.717) is 55.4 Å². The van der Waals surface area contributed by atoms with E-state index in [-0.39, 0.29) is 40.8 Å². The second kappa shape index (κ2) is 11.5. The topological polar surface area (TPSA) is 130 Å². The maximum absolute atomic E-state index is 15.4. The number of hydrogen-bond acceptors (Lipinski definition) is 9. The van der Waals surface area contributed by atoms with Crippen molar-refractivity contribution in [1.82, 2.24) is 20.2 Å². The zero-order valence-electron chi connectivity index (χ0n) is 23.0. The number of aromatic nitrogens is 2. The summed E-state index contributed by atoms with van der Waals surface area (Å²) in [5.41, 5.74) is 7.90. The van der Waals surface area contributed by atoms with Crippen molar-refractivity contribution in [2.24, 2.45) is 5.92 Å². The Bertz CT molecular complexity index is 1440. The SMILES string of the molecule is CCN[C@H](CC(=O)N1CCC2CC1CN(c1nc(N)c3cc(OC)c(OC)c(F)c3n1)C2)c1ccc(C#N)cc1. The van der Waals surface area contributed by atoms with Gasteiger partial charge < -0.3 is 30.3 Å². The van der Waals surface area contributed by atoms with Gasteiger partial charge in [-0.3, -0.25) is 4.79 Å². The average Bonchev–Trinajstić information content (AvgIpc) is 2.97. The van der Waals surface area contributed by atoms with Crippen LogP contribution >= 0.6 is 0 Å². The number of hydrogen-bond donors (Lipinski definition) is 2. The molecule has 40 heavy (non-hydrogen) atoms. The van der Waals surface area contributed by atoms with Gasteiger partial charge in [-0.05, 0) is 49.1 Å². The number of anilines is 2. The van der Waals surface area contributed by atoms with E-state index in [2.05, 4.69) is 21.4 Å². The molecule has 0 aliphatic carbocycles. The number of nitrogens with zero attached hydrogens (tertiary/aromatic N) is 5. The second-order valence-electron chi connectivity index (χ2n) is 10.3. The van der Waals surface area contributed by atoms with E-state index in [1.54, 1.807) is 18.2 Å². The molecule has 1 aromatic heterocycles. The van der Waals surface area contributed by atoms with Crippen molar-refractivity contribution < 1.29 is 18.7 Å². The lowest BCUT2D eigenvalue weighted by molar-refractivity contribution is -0.136. The van der Waals surface area contributed by atoms with Gasteiger partial charge in [0.15, 0.2) is 17.3 Å². The standard InChI is InChI=1S/C29H34FN7O3/c1-4-33-22(19-7-5-17(14-31)6-8-19)13-24(38)37-10-9-18-11-20(37)16-36(15-18)29-34-26-21(28(32)35-29)12-23(39-2)27(40-3)25(26)30/h5-8,12,18,20,22,33H,4,9-11,13,15-16H2,1-3H3,(H2,32,34,35)/t18?,20?,22-/m1/s1. The molecule has 0 radical (unpaired) electrons. The molecule has 11 heteroatoms. The van der Waals surface area contributed by atoms with Gasteiger partial charge in [0, 0.05) is 43.5 Å². The molecule has 0 saturated carbocycles. The van der Waals surface area contributed by atoms with Gasteiger partial charge >= 0.3 is 0 Å². The minimum absolute atomic E-state index is 0.0148. The molecule has 210 valence electrons. The minimum Gasteiger partial charge on any atom is -0.493 e. The van der Waals surface area contributed by atoms with Crippen molar-refractivity contribution >= 4 is 28.6 Å². The Labute approximate surface area is 232 Å². The third kappa shape index (κ3) is 5.19. The summed E-state index contributed by atoms with van der Waals surface area (Å²) in [6.45, 7) is 4.66. The molecule has 2 aliphatic rings. The fourth-order valence-electron chi connectivity index (χ4n) is 5.92. The molecule has 3 atom stereocenters. The molecule has 10 nitrogen and oxygen atoms in total. The second-order valence-corrected chi connectivity index (χ2v) is 10.3. The van der Waals surface area contributed by atoms with Crippen molar-refractivity contribution in [1.29, 1.82) is 5.26 Å². The number of nitrogens with two attached hydrogens (primary N) is 1. The Morgan fingerprint density at radius 3 is 2.70 bits per heavy atom. The molecule has 3 N–H and O–H groups in total. The first-order chi connectivity index (χ1) is 19.4. The number of carbonyl (C=O) groups is 1. The third-order valence-corrected chi connectivity index (χ3v) is 7.90. The zero-order valence-corrected chi connectivity index (χ0v) is 23.0. The van der Waals surface area contributed by atoms with Crippen LogP contribution in [0.3, 0.4) is 0 Å². The molecule has 2 aromatic carbocycles. The smallest absolute Gasteiger partial charge is 0.228 e. The maximum Gasteiger partial charge on any atom is 0.228 e. The van der Waals surface area contributed by atoms with E-state index < -0.39 is 5.82 Å². The molecule has 0 spiro atoms. The number of halogens is 1. The number of nitriles is 1. The molecule has 2 saturated heterocycles. The van der Waals surface area contributed by atoms with Gasteiger partial charge in [-0.25, -0.2) is 9.37 Å². The molecule has 5 rings (SSSR count). The van der Waals surface area contributed by atoms with Crippen molar-refractivity contribution in [3.63, 3.8) is 0 Å². The molecule has 2 aliphatic heterocycles. The van der Waals surface area contributed by atoms with Crippen LogP contribution in [0.4, 0.5) is 16.2 Å². The average molecular weight is 548 g/mol. The highest BCUT2D eigenvalue weighted by Gasteiger charge is 2.39. The lowest BCUT2D eigenvalue weighted by Gasteiger charge is -2.47. The number of piperidine rings is 2. The van der Waals surface area contributed by atoms with Crippen LogP contribution in [-0.4, -0.2) is 67.2 Å². The summed E-state index contributed by atoms with van der Waals surface area (Å²) in [5.74, 6) is 0.447. The number of benzene rings is 2. The van der Waals surface area contributed by atoms with Crippen LogP contribution in [0.15, 0.2) is 30.3 Å². The van der Waals surface area contributed by atoms with Crippen molar-refractivity contribution in [2.75, 3.05) is 51.0 Å². The Morgan fingerprint density at radius 2 is 2.02 bits per heavy atom. The number of nitrogens with one attached hydrogen (secondary N) is 1. The third-order valence-electron chi connectivity index (χ3n) is 7.90. The van der Waals surface area contributed by atoms with Gasteiger partial charge in [-0.15, -0.1) is 0 Å². The summed E-state index contributed by atoms with van der Waals surface area (Å²) in [7, 11) is 2.80. The minimum atomic E-state index is -0.654. The maximum atomic E-state index is 15.4. The van der Waals surface area contributed by atoms with Crippen LogP contribution in [0, 0.1) is 23.1 Å². The van der Waals surface area contributed by atoms with Crippen LogP contribution < -0.4 is 25.4 Å². The van der Waals surface area contributed by atoms with E-state index >= 15 is 4.39 Å². The number of carbonyl (C=O) groups excluding carboxylic acids is 1. The summed E-state index contributed by atoms with van der Waals surface area (Å²) in [5, 5.41) is 12.9. The lowest BCUT2D eigenvalue weighted by atomic mass is 9.86. The summed E-state index contributed by atoms with van der Waals surface area (Å²) in [6.07, 6.45) is 2.07. The van der Waals surface area contributed by atoms with E-state index in [0.717, 1.165) is 18.4 Å². The fourth-order valence-corrected chi connectivity index (χ4v) is 5.92. The summed E-state index contributed by atoms with van der Waals surface area (Å²) in [6, 6.07) is 10.9. The predicted octanol–water partition coefficient (Wildman–Crippen LogP) is 3.41. The number of fused-ring (bicyclic) bond motifs is 3. The Hall–Kier alpha value is -4.17. The number of nitrogen functional groups attached to an aromatic ring is 1. The first-order valence-electron chi connectivity index (χ1n) is 13.5. The highest BCUT2D eigenvalue weighted by molar-refractivity contribution is 5.92. The largest absolute Gasteiger partial charge is 0.493 e. The summed E-state index contributed by atoms with van der Waals surface area (Å²) >= 11 is 0. The van der Waals surface area contributed by atoms with Crippen LogP contribution in [0.5, 0.6) is 11.5 Å². The van der Waals surface area contributed by atoms with E-state index in [1.807, 2.05) is 28.9 Å². The predicted molar refractivity (Wildman–Crippen MR) is 150 cm³/mol. The van der Waals surface area contributed by atoms with Crippen LogP contribution in [0.2, 0.25) is 0 Å². The fraction of sp³-hybridized carbons (Fsp3) is 0.448. The zero-order chi connectivity index (χ0) is 28.4.